The zero-order valence-electron chi connectivity index (χ0n) is 8.73. The first-order valence-corrected chi connectivity index (χ1v) is 6.35. The summed E-state index contributed by atoms with van der Waals surface area (Å²) in [6.45, 7) is 0.676. The first-order valence-electron chi connectivity index (χ1n) is 5.37. The van der Waals surface area contributed by atoms with Crippen LogP contribution < -0.4 is 4.90 Å². The van der Waals surface area contributed by atoms with Gasteiger partial charge in [-0.25, -0.2) is 0 Å². The predicted molar refractivity (Wildman–Crippen MR) is 63.1 cm³/mol. The van der Waals surface area contributed by atoms with E-state index in [4.69, 9.17) is 0 Å². The first-order chi connectivity index (χ1) is 7.77. The van der Waals surface area contributed by atoms with Crippen molar-refractivity contribution >= 4 is 29.1 Å². The van der Waals surface area contributed by atoms with Gasteiger partial charge in [0.15, 0.2) is 5.78 Å². The Kier molecular flexibility index (Phi) is 2.24. The molecule has 1 aromatic rings. The van der Waals surface area contributed by atoms with Gasteiger partial charge in [0, 0.05) is 23.4 Å². The normalized spacial score (nSPS) is 19.4. The van der Waals surface area contributed by atoms with Crippen LogP contribution in [-0.2, 0) is 4.79 Å². The van der Waals surface area contributed by atoms with Gasteiger partial charge in [0.1, 0.15) is 0 Å². The van der Waals surface area contributed by atoms with Crippen LogP contribution in [0, 0.1) is 0 Å². The van der Waals surface area contributed by atoms with Crippen molar-refractivity contribution in [1.82, 2.24) is 0 Å². The second-order valence-corrected chi connectivity index (χ2v) is 5.03. The van der Waals surface area contributed by atoms with Crippen molar-refractivity contribution in [2.75, 3.05) is 17.2 Å². The van der Waals surface area contributed by atoms with Crippen LogP contribution in [-0.4, -0.2) is 24.0 Å². The maximum atomic E-state index is 11.9. The fourth-order valence-corrected chi connectivity index (χ4v) is 3.22. The van der Waals surface area contributed by atoms with E-state index in [9.17, 15) is 9.59 Å². The number of carbonyl (C=O) groups is 2. The number of rotatable bonds is 0. The second-order valence-electron chi connectivity index (χ2n) is 4.01. The van der Waals surface area contributed by atoms with E-state index in [0.29, 0.717) is 18.7 Å². The molecule has 1 aromatic carbocycles. The lowest BCUT2D eigenvalue weighted by atomic mass is 10.1. The third kappa shape index (κ3) is 1.37. The van der Waals surface area contributed by atoms with Crippen molar-refractivity contribution in [3.8, 4) is 0 Å². The van der Waals surface area contributed by atoms with E-state index < -0.39 is 0 Å². The van der Waals surface area contributed by atoms with Gasteiger partial charge < -0.3 is 4.90 Å². The zero-order valence-corrected chi connectivity index (χ0v) is 9.55. The van der Waals surface area contributed by atoms with E-state index in [2.05, 4.69) is 0 Å². The number of hydrogen-bond donors (Lipinski definition) is 0. The Hall–Kier alpha value is -1.29. The van der Waals surface area contributed by atoms with Gasteiger partial charge in [-0.1, -0.05) is 6.07 Å². The Morgan fingerprint density at radius 1 is 1.25 bits per heavy atom. The largest absolute Gasteiger partial charge is 0.310 e. The quantitative estimate of drug-likeness (QED) is 0.688. The molecule has 2 heterocycles. The van der Waals surface area contributed by atoms with E-state index in [-0.39, 0.29) is 11.7 Å². The summed E-state index contributed by atoms with van der Waals surface area (Å²) in [6, 6.07) is 5.72. The zero-order chi connectivity index (χ0) is 11.1. The number of amides is 1. The summed E-state index contributed by atoms with van der Waals surface area (Å²) in [6.07, 6.45) is 1.31. The molecule has 82 valence electrons. The lowest BCUT2D eigenvalue weighted by Crippen LogP contribution is -2.36. The third-order valence-electron chi connectivity index (χ3n) is 3.01. The summed E-state index contributed by atoms with van der Waals surface area (Å²) in [5, 5.41) is 0. The smallest absolute Gasteiger partial charge is 0.237 e. The average Bonchev–Trinajstić information content (AvgIpc) is 2.46. The highest BCUT2D eigenvalue weighted by molar-refractivity contribution is 8.00. The molecule has 16 heavy (non-hydrogen) atoms. The minimum Gasteiger partial charge on any atom is -0.310 e. The van der Waals surface area contributed by atoms with Gasteiger partial charge >= 0.3 is 0 Å². The summed E-state index contributed by atoms with van der Waals surface area (Å²) in [5.74, 6) is 0.777. The van der Waals surface area contributed by atoms with Crippen molar-refractivity contribution < 1.29 is 9.59 Å². The maximum absolute atomic E-state index is 11.9. The number of carbonyl (C=O) groups excluding carboxylic acids is 2. The molecule has 2 aliphatic heterocycles. The fraction of sp³-hybridized carbons (Fsp3) is 0.333. The van der Waals surface area contributed by atoms with E-state index >= 15 is 0 Å². The van der Waals surface area contributed by atoms with E-state index in [1.165, 1.54) is 11.8 Å². The number of hydrogen-bond acceptors (Lipinski definition) is 3. The number of Topliss-reactive ketones (excluding diaryl/α,β-unsaturated/α-hetero) is 1. The van der Waals surface area contributed by atoms with Crippen LogP contribution in [0.5, 0.6) is 0 Å². The summed E-state index contributed by atoms with van der Waals surface area (Å²) >= 11 is 1.53. The molecule has 2 aliphatic rings. The molecular weight excluding hydrogens is 222 g/mol. The fourth-order valence-electron chi connectivity index (χ4n) is 2.25. The number of ketones is 1. The molecular formula is C12H11NO2S. The van der Waals surface area contributed by atoms with Crippen molar-refractivity contribution in [1.29, 1.82) is 0 Å². The Morgan fingerprint density at radius 2 is 2.12 bits per heavy atom. The number of nitrogens with zero attached hydrogens (tertiary/aromatic N) is 1. The minimum atomic E-state index is 0.125. The second kappa shape index (κ2) is 3.63. The SMILES string of the molecule is O=C1CCCN2C(=O)CSc3cccc1c32. The molecule has 0 atom stereocenters. The topological polar surface area (TPSA) is 37.4 Å². The van der Waals surface area contributed by atoms with Gasteiger partial charge in [0.05, 0.1) is 11.4 Å². The Labute approximate surface area is 97.8 Å². The standard InChI is InChI=1S/C12H11NO2S/c14-9-4-2-6-13-11(15)7-16-10-5-1-3-8(9)12(10)13/h1,3,5H,2,4,6-7H2. The molecule has 3 rings (SSSR count). The molecule has 0 unspecified atom stereocenters. The molecule has 0 fully saturated rings. The van der Waals surface area contributed by atoms with Gasteiger partial charge in [-0.15, -0.1) is 11.8 Å². The molecule has 0 saturated heterocycles. The molecule has 1 amide bonds. The highest BCUT2D eigenvalue weighted by atomic mass is 32.2. The number of anilines is 1. The summed E-state index contributed by atoms with van der Waals surface area (Å²) < 4.78 is 0. The number of benzene rings is 1. The average molecular weight is 233 g/mol. The van der Waals surface area contributed by atoms with Gasteiger partial charge in [-0.05, 0) is 18.6 Å². The van der Waals surface area contributed by atoms with Crippen molar-refractivity contribution in [3.63, 3.8) is 0 Å². The molecule has 4 heteroatoms. The van der Waals surface area contributed by atoms with Crippen LogP contribution >= 0.6 is 11.8 Å². The van der Waals surface area contributed by atoms with Crippen LogP contribution in [0.4, 0.5) is 5.69 Å². The number of thioether (sulfide) groups is 1. The highest BCUT2D eigenvalue weighted by Crippen LogP contribution is 2.39. The van der Waals surface area contributed by atoms with E-state index in [1.807, 2.05) is 18.2 Å². The van der Waals surface area contributed by atoms with Gasteiger partial charge in [-0.3, -0.25) is 9.59 Å². The van der Waals surface area contributed by atoms with Crippen LogP contribution in [0.15, 0.2) is 23.1 Å². The monoisotopic (exact) mass is 233 g/mol. The number of para-hydroxylation sites is 1. The Bertz CT molecular complexity index is 484. The molecule has 0 aliphatic carbocycles. The van der Waals surface area contributed by atoms with Crippen molar-refractivity contribution in [3.05, 3.63) is 23.8 Å². The Morgan fingerprint density at radius 3 is 3.00 bits per heavy atom. The summed E-state index contributed by atoms with van der Waals surface area (Å²) in [5.41, 5.74) is 1.57. The van der Waals surface area contributed by atoms with E-state index in [1.54, 1.807) is 4.90 Å². The molecule has 0 aromatic heterocycles. The molecule has 0 N–H and O–H groups in total. The molecule has 0 spiro atoms. The lowest BCUT2D eigenvalue weighted by Gasteiger charge is -2.28. The molecule has 3 nitrogen and oxygen atoms in total. The van der Waals surface area contributed by atoms with Crippen LogP contribution in [0.2, 0.25) is 0 Å². The van der Waals surface area contributed by atoms with Crippen molar-refractivity contribution in [2.24, 2.45) is 0 Å². The van der Waals surface area contributed by atoms with Crippen molar-refractivity contribution in [2.45, 2.75) is 17.7 Å². The Balaban J connectivity index is 2.24. The predicted octanol–water partition coefficient (Wildman–Crippen LogP) is 2.10. The van der Waals surface area contributed by atoms with E-state index in [0.717, 1.165) is 22.6 Å². The van der Waals surface area contributed by atoms with Crippen LogP contribution in [0.25, 0.3) is 0 Å². The molecule has 0 radical (unpaired) electrons. The first kappa shape index (κ1) is 9.90. The van der Waals surface area contributed by atoms with Gasteiger partial charge in [0.2, 0.25) is 5.91 Å². The third-order valence-corrected chi connectivity index (χ3v) is 4.04. The lowest BCUT2D eigenvalue weighted by molar-refractivity contribution is -0.116. The summed E-state index contributed by atoms with van der Waals surface area (Å²) in [4.78, 5) is 26.6. The maximum Gasteiger partial charge on any atom is 0.237 e. The van der Waals surface area contributed by atoms with Gasteiger partial charge in [0.25, 0.3) is 0 Å². The highest BCUT2D eigenvalue weighted by Gasteiger charge is 2.30. The van der Waals surface area contributed by atoms with Crippen LogP contribution in [0.3, 0.4) is 0 Å². The van der Waals surface area contributed by atoms with Gasteiger partial charge in [-0.2, -0.15) is 0 Å². The summed E-state index contributed by atoms with van der Waals surface area (Å²) in [7, 11) is 0. The minimum absolute atomic E-state index is 0.125. The molecule has 0 bridgehead atoms. The molecule has 0 saturated carbocycles. The van der Waals surface area contributed by atoms with Crippen LogP contribution in [0.1, 0.15) is 23.2 Å².